The predicted molar refractivity (Wildman–Crippen MR) is 84.7 cm³/mol. The molecule has 1 aromatic heterocycles. The van der Waals surface area contributed by atoms with Crippen LogP contribution in [0.15, 0.2) is 42.6 Å². The lowest BCUT2D eigenvalue weighted by Crippen LogP contribution is -2.31. The first-order chi connectivity index (χ1) is 10.3. The number of nitrogens with one attached hydrogen (secondary N) is 2. The number of amides is 1. The molecule has 4 heteroatoms. The van der Waals surface area contributed by atoms with Crippen molar-refractivity contribution in [3.63, 3.8) is 0 Å². The van der Waals surface area contributed by atoms with Gasteiger partial charge in [-0.2, -0.15) is 0 Å². The lowest BCUT2D eigenvalue weighted by atomic mass is 10.1. The Hall–Kier alpha value is -2.07. The summed E-state index contributed by atoms with van der Waals surface area (Å²) >= 11 is 0. The summed E-state index contributed by atoms with van der Waals surface area (Å²) in [6.45, 7) is 4.03. The van der Waals surface area contributed by atoms with Crippen molar-refractivity contribution >= 4 is 11.6 Å². The Morgan fingerprint density at radius 2 is 1.95 bits per heavy atom. The van der Waals surface area contributed by atoms with Gasteiger partial charge < -0.3 is 15.2 Å². The number of benzene rings is 1. The normalized spacial score (nSPS) is 15.9. The number of rotatable bonds is 3. The van der Waals surface area contributed by atoms with E-state index < -0.39 is 0 Å². The molecule has 2 aromatic rings. The smallest absolute Gasteiger partial charge is 0.272 e. The maximum absolute atomic E-state index is 12.5. The van der Waals surface area contributed by atoms with Gasteiger partial charge in [0.05, 0.1) is 0 Å². The highest BCUT2D eigenvalue weighted by molar-refractivity contribution is 6.03. The summed E-state index contributed by atoms with van der Waals surface area (Å²) in [4.78, 5) is 12.5. The fourth-order valence-corrected chi connectivity index (χ4v) is 2.89. The van der Waals surface area contributed by atoms with Gasteiger partial charge in [-0.3, -0.25) is 4.79 Å². The number of hydrogen-bond donors (Lipinski definition) is 2. The average Bonchev–Trinajstić information content (AvgIpc) is 3.00. The first-order valence-corrected chi connectivity index (χ1v) is 7.50. The topological polar surface area (TPSA) is 46.1 Å². The molecular weight excluding hydrogens is 262 g/mol. The molecule has 0 bridgehead atoms. The van der Waals surface area contributed by atoms with Gasteiger partial charge in [-0.25, -0.2) is 0 Å². The molecule has 0 unspecified atom stereocenters. The van der Waals surface area contributed by atoms with E-state index in [1.807, 2.05) is 49.5 Å². The number of anilines is 1. The minimum atomic E-state index is -0.0344. The average molecular weight is 283 g/mol. The van der Waals surface area contributed by atoms with E-state index in [0.29, 0.717) is 6.04 Å². The second-order valence-corrected chi connectivity index (χ2v) is 5.55. The molecule has 4 nitrogen and oxygen atoms in total. The zero-order valence-corrected chi connectivity index (χ0v) is 12.3. The van der Waals surface area contributed by atoms with Crippen LogP contribution in [0.1, 0.15) is 34.9 Å². The molecule has 3 rings (SSSR count). The zero-order chi connectivity index (χ0) is 14.7. The molecule has 21 heavy (non-hydrogen) atoms. The van der Waals surface area contributed by atoms with Crippen LogP contribution in [0.25, 0.3) is 0 Å². The summed E-state index contributed by atoms with van der Waals surface area (Å²) in [6.07, 6.45) is 4.15. The van der Waals surface area contributed by atoms with Gasteiger partial charge >= 0.3 is 0 Å². The fraction of sp³-hybridized carbons (Fsp3) is 0.353. The van der Waals surface area contributed by atoms with Crippen molar-refractivity contribution in [1.82, 2.24) is 9.88 Å². The lowest BCUT2D eigenvalue weighted by molar-refractivity contribution is 0.101. The second kappa shape index (κ2) is 6.14. The second-order valence-electron chi connectivity index (χ2n) is 5.55. The molecule has 110 valence electrons. The Balaban J connectivity index is 1.79. The highest BCUT2D eigenvalue weighted by atomic mass is 16.1. The van der Waals surface area contributed by atoms with Crippen molar-refractivity contribution in [2.75, 3.05) is 18.4 Å². The van der Waals surface area contributed by atoms with Gasteiger partial charge in [0.25, 0.3) is 5.91 Å². The molecule has 0 atom stereocenters. The molecule has 0 spiro atoms. The van der Waals surface area contributed by atoms with E-state index in [2.05, 4.69) is 15.2 Å². The molecule has 1 aliphatic heterocycles. The third-order valence-corrected chi connectivity index (χ3v) is 4.11. The SMILES string of the molecule is Cc1ccccc1NC(=O)c1cccn1C1CCNCC1. The van der Waals surface area contributed by atoms with Crippen LogP contribution in [0.5, 0.6) is 0 Å². The van der Waals surface area contributed by atoms with E-state index in [1.165, 1.54) is 0 Å². The van der Waals surface area contributed by atoms with E-state index in [0.717, 1.165) is 42.9 Å². The van der Waals surface area contributed by atoms with Gasteiger partial charge in [-0.05, 0) is 56.6 Å². The van der Waals surface area contributed by atoms with E-state index in [9.17, 15) is 4.79 Å². The Morgan fingerprint density at radius 1 is 1.19 bits per heavy atom. The van der Waals surface area contributed by atoms with Crippen LogP contribution in [-0.2, 0) is 0 Å². The molecule has 2 N–H and O–H groups in total. The van der Waals surface area contributed by atoms with E-state index in [4.69, 9.17) is 0 Å². The molecule has 1 saturated heterocycles. The van der Waals surface area contributed by atoms with Crippen LogP contribution in [0.4, 0.5) is 5.69 Å². The molecule has 0 saturated carbocycles. The van der Waals surface area contributed by atoms with Crippen LogP contribution in [0.3, 0.4) is 0 Å². The first-order valence-electron chi connectivity index (χ1n) is 7.50. The van der Waals surface area contributed by atoms with Gasteiger partial charge in [0.15, 0.2) is 0 Å². The molecular formula is C17H21N3O. The molecule has 1 aromatic carbocycles. The zero-order valence-electron chi connectivity index (χ0n) is 12.3. The van der Waals surface area contributed by atoms with Gasteiger partial charge in [-0.1, -0.05) is 18.2 Å². The van der Waals surface area contributed by atoms with Crippen LogP contribution in [-0.4, -0.2) is 23.6 Å². The highest BCUT2D eigenvalue weighted by Gasteiger charge is 2.20. The van der Waals surface area contributed by atoms with Gasteiger partial charge in [0.1, 0.15) is 5.69 Å². The van der Waals surface area contributed by atoms with Crippen molar-refractivity contribution in [3.05, 3.63) is 53.9 Å². The largest absolute Gasteiger partial charge is 0.340 e. The number of aromatic nitrogens is 1. The number of carbonyl (C=O) groups excluding carboxylic acids is 1. The highest BCUT2D eigenvalue weighted by Crippen LogP contribution is 2.22. The number of aryl methyl sites for hydroxylation is 1. The number of nitrogens with zero attached hydrogens (tertiary/aromatic N) is 1. The van der Waals surface area contributed by atoms with Crippen molar-refractivity contribution < 1.29 is 4.79 Å². The maximum Gasteiger partial charge on any atom is 0.272 e. The molecule has 1 fully saturated rings. The summed E-state index contributed by atoms with van der Waals surface area (Å²) in [5.74, 6) is -0.0344. The van der Waals surface area contributed by atoms with Crippen LogP contribution >= 0.6 is 0 Å². The van der Waals surface area contributed by atoms with E-state index in [-0.39, 0.29) is 5.91 Å². The lowest BCUT2D eigenvalue weighted by Gasteiger charge is -2.26. The number of piperidine rings is 1. The number of hydrogen-bond acceptors (Lipinski definition) is 2. The van der Waals surface area contributed by atoms with Crippen LogP contribution in [0, 0.1) is 6.92 Å². The van der Waals surface area contributed by atoms with Gasteiger partial charge in [0.2, 0.25) is 0 Å². The van der Waals surface area contributed by atoms with E-state index in [1.54, 1.807) is 0 Å². The minimum absolute atomic E-state index is 0.0344. The third-order valence-electron chi connectivity index (χ3n) is 4.11. The third kappa shape index (κ3) is 3.00. The van der Waals surface area contributed by atoms with Crippen molar-refractivity contribution in [3.8, 4) is 0 Å². The fourth-order valence-electron chi connectivity index (χ4n) is 2.89. The van der Waals surface area contributed by atoms with Crippen molar-refractivity contribution in [2.24, 2.45) is 0 Å². The van der Waals surface area contributed by atoms with Gasteiger partial charge in [0, 0.05) is 17.9 Å². The first kappa shape index (κ1) is 13.9. The van der Waals surface area contributed by atoms with Crippen LogP contribution in [0.2, 0.25) is 0 Å². The van der Waals surface area contributed by atoms with E-state index >= 15 is 0 Å². The number of para-hydroxylation sites is 1. The van der Waals surface area contributed by atoms with Crippen LogP contribution < -0.4 is 10.6 Å². The Bertz CT molecular complexity index is 626. The molecule has 1 amide bonds. The summed E-state index contributed by atoms with van der Waals surface area (Å²) in [7, 11) is 0. The molecule has 1 aliphatic rings. The Labute approximate surface area is 125 Å². The predicted octanol–water partition coefficient (Wildman–Crippen LogP) is 2.97. The summed E-state index contributed by atoms with van der Waals surface area (Å²) in [5, 5.41) is 6.38. The van der Waals surface area contributed by atoms with Crippen molar-refractivity contribution in [1.29, 1.82) is 0 Å². The minimum Gasteiger partial charge on any atom is -0.340 e. The maximum atomic E-state index is 12.5. The standard InChI is InChI=1S/C17H21N3O/c1-13-5-2-3-6-15(13)19-17(21)16-7-4-12-20(16)14-8-10-18-11-9-14/h2-7,12,14,18H,8-11H2,1H3,(H,19,21). The molecule has 0 aliphatic carbocycles. The number of carbonyl (C=O) groups is 1. The monoisotopic (exact) mass is 283 g/mol. The Kier molecular flexibility index (Phi) is 4.06. The summed E-state index contributed by atoms with van der Waals surface area (Å²) in [6, 6.07) is 12.1. The summed E-state index contributed by atoms with van der Waals surface area (Å²) < 4.78 is 2.12. The van der Waals surface area contributed by atoms with Gasteiger partial charge in [-0.15, -0.1) is 0 Å². The van der Waals surface area contributed by atoms with Crippen molar-refractivity contribution in [2.45, 2.75) is 25.8 Å². The quantitative estimate of drug-likeness (QED) is 0.909. The molecule has 0 radical (unpaired) electrons. The summed E-state index contributed by atoms with van der Waals surface area (Å²) in [5.41, 5.74) is 2.69. The Morgan fingerprint density at radius 3 is 2.71 bits per heavy atom. The molecule has 2 heterocycles.